The van der Waals surface area contributed by atoms with Gasteiger partial charge in [-0.1, -0.05) is 26.8 Å². The summed E-state index contributed by atoms with van der Waals surface area (Å²) in [6, 6.07) is 6.32. The number of benzene rings is 1. The first kappa shape index (κ1) is 18.5. The van der Waals surface area contributed by atoms with E-state index in [-0.39, 0.29) is 24.3 Å². The van der Waals surface area contributed by atoms with Gasteiger partial charge in [0.25, 0.3) is 0 Å². The molecule has 1 rings (SSSR count). The van der Waals surface area contributed by atoms with Gasteiger partial charge >= 0.3 is 6.03 Å². The van der Waals surface area contributed by atoms with E-state index in [2.05, 4.69) is 21.3 Å². The molecule has 4 N–H and O–H groups in total. The van der Waals surface area contributed by atoms with Crippen molar-refractivity contribution in [3.63, 3.8) is 0 Å². The van der Waals surface area contributed by atoms with Crippen molar-refractivity contribution < 1.29 is 14.4 Å². The summed E-state index contributed by atoms with van der Waals surface area (Å²) in [7, 11) is 0. The largest absolute Gasteiger partial charge is 0.355 e. The maximum atomic E-state index is 11.7. The molecule has 0 aromatic heterocycles. The summed E-state index contributed by atoms with van der Waals surface area (Å²) in [5.74, 6) is -0.462. The van der Waals surface area contributed by atoms with Gasteiger partial charge in [0.2, 0.25) is 11.8 Å². The number of hydrogen-bond acceptors (Lipinski definition) is 3. The van der Waals surface area contributed by atoms with Crippen LogP contribution >= 0.6 is 0 Å². The van der Waals surface area contributed by atoms with Crippen molar-refractivity contribution >= 4 is 29.2 Å². The molecule has 0 unspecified atom stereocenters. The lowest BCUT2D eigenvalue weighted by Crippen LogP contribution is -2.39. The van der Waals surface area contributed by atoms with Crippen LogP contribution in [0.2, 0.25) is 0 Å². The average molecular weight is 320 g/mol. The zero-order valence-electron chi connectivity index (χ0n) is 13.7. The van der Waals surface area contributed by atoms with E-state index in [0.717, 1.165) is 6.42 Å². The molecule has 0 aliphatic heterocycles. The molecule has 0 aliphatic carbocycles. The van der Waals surface area contributed by atoms with Gasteiger partial charge in [-0.3, -0.25) is 9.59 Å². The van der Waals surface area contributed by atoms with Gasteiger partial charge in [0, 0.05) is 23.8 Å². The molecule has 0 atom stereocenters. The standard InChI is InChI=1S/C16H24N4O3/c1-4-8-17-14(21)10-18-16(23)20-13-7-5-6-12(9-13)19-15(22)11(2)3/h5-7,9,11H,4,8,10H2,1-3H3,(H,17,21)(H,19,22)(H2,18,20,23). The zero-order valence-corrected chi connectivity index (χ0v) is 13.7. The first-order valence-electron chi connectivity index (χ1n) is 7.64. The van der Waals surface area contributed by atoms with Crippen LogP contribution in [0, 0.1) is 5.92 Å². The first-order chi connectivity index (χ1) is 10.9. The average Bonchev–Trinajstić information content (AvgIpc) is 2.51. The number of hydrogen-bond donors (Lipinski definition) is 4. The SMILES string of the molecule is CCCNC(=O)CNC(=O)Nc1cccc(NC(=O)C(C)C)c1. The van der Waals surface area contributed by atoms with Crippen molar-refractivity contribution in [2.75, 3.05) is 23.7 Å². The van der Waals surface area contributed by atoms with E-state index in [1.54, 1.807) is 38.1 Å². The smallest absolute Gasteiger partial charge is 0.319 e. The van der Waals surface area contributed by atoms with Gasteiger partial charge in [-0.25, -0.2) is 4.79 Å². The van der Waals surface area contributed by atoms with Gasteiger partial charge in [0.05, 0.1) is 6.54 Å². The van der Waals surface area contributed by atoms with Crippen molar-refractivity contribution in [1.82, 2.24) is 10.6 Å². The Hall–Kier alpha value is -2.57. The van der Waals surface area contributed by atoms with Gasteiger partial charge in [-0.15, -0.1) is 0 Å². The van der Waals surface area contributed by atoms with E-state index in [9.17, 15) is 14.4 Å². The lowest BCUT2D eigenvalue weighted by atomic mass is 10.2. The lowest BCUT2D eigenvalue weighted by molar-refractivity contribution is -0.120. The minimum absolute atomic E-state index is 0.0877. The van der Waals surface area contributed by atoms with E-state index in [0.29, 0.717) is 17.9 Å². The van der Waals surface area contributed by atoms with Gasteiger partial charge in [-0.2, -0.15) is 0 Å². The number of nitrogens with one attached hydrogen (secondary N) is 4. The fourth-order valence-corrected chi connectivity index (χ4v) is 1.62. The Morgan fingerprint density at radius 1 is 1.04 bits per heavy atom. The molecule has 7 nitrogen and oxygen atoms in total. The maximum absolute atomic E-state index is 11.7. The quantitative estimate of drug-likeness (QED) is 0.617. The summed E-state index contributed by atoms with van der Waals surface area (Å²) in [6.07, 6.45) is 0.840. The predicted molar refractivity (Wildman–Crippen MR) is 90.2 cm³/mol. The normalized spacial score (nSPS) is 10.1. The second-order valence-electron chi connectivity index (χ2n) is 5.38. The van der Waals surface area contributed by atoms with Crippen LogP contribution in [0.5, 0.6) is 0 Å². The van der Waals surface area contributed by atoms with E-state index >= 15 is 0 Å². The number of carbonyl (C=O) groups is 3. The molecule has 4 amide bonds. The van der Waals surface area contributed by atoms with Crippen LogP contribution in [-0.2, 0) is 9.59 Å². The highest BCUT2D eigenvalue weighted by Gasteiger charge is 2.08. The van der Waals surface area contributed by atoms with Crippen LogP contribution in [0.15, 0.2) is 24.3 Å². The third-order valence-corrected chi connectivity index (χ3v) is 2.89. The molecule has 1 aromatic rings. The Kier molecular flexibility index (Phi) is 7.59. The molecule has 0 spiro atoms. The molecule has 1 aromatic carbocycles. The fraction of sp³-hybridized carbons (Fsp3) is 0.438. The van der Waals surface area contributed by atoms with Crippen LogP contribution in [0.1, 0.15) is 27.2 Å². The van der Waals surface area contributed by atoms with E-state index < -0.39 is 6.03 Å². The number of carbonyl (C=O) groups excluding carboxylic acids is 3. The molecule has 0 aliphatic rings. The Morgan fingerprint density at radius 3 is 2.30 bits per heavy atom. The van der Waals surface area contributed by atoms with Gasteiger partial charge in [-0.05, 0) is 24.6 Å². The second kappa shape index (κ2) is 9.45. The fourth-order valence-electron chi connectivity index (χ4n) is 1.62. The second-order valence-corrected chi connectivity index (χ2v) is 5.38. The molecular weight excluding hydrogens is 296 g/mol. The van der Waals surface area contributed by atoms with Gasteiger partial charge in [0.1, 0.15) is 0 Å². The van der Waals surface area contributed by atoms with E-state index in [4.69, 9.17) is 0 Å². The predicted octanol–water partition coefficient (Wildman–Crippen LogP) is 1.93. The maximum Gasteiger partial charge on any atom is 0.319 e. The van der Waals surface area contributed by atoms with Crippen LogP contribution in [0.3, 0.4) is 0 Å². The van der Waals surface area contributed by atoms with Crippen LogP contribution in [0.25, 0.3) is 0 Å². The number of anilines is 2. The Labute approximate surface area is 136 Å². The number of amides is 4. The van der Waals surface area contributed by atoms with Crippen molar-refractivity contribution in [3.8, 4) is 0 Å². The Bertz CT molecular complexity index is 558. The minimum atomic E-state index is -0.482. The minimum Gasteiger partial charge on any atom is -0.355 e. The summed E-state index contributed by atoms with van der Waals surface area (Å²) in [6.45, 7) is 6.05. The number of rotatable bonds is 7. The van der Waals surface area contributed by atoms with Crippen molar-refractivity contribution in [2.45, 2.75) is 27.2 Å². The molecule has 0 fully saturated rings. The summed E-state index contributed by atoms with van der Waals surface area (Å²) >= 11 is 0. The monoisotopic (exact) mass is 320 g/mol. The Balaban J connectivity index is 2.49. The molecular formula is C16H24N4O3. The van der Waals surface area contributed by atoms with Crippen LogP contribution in [0.4, 0.5) is 16.2 Å². The lowest BCUT2D eigenvalue weighted by Gasteiger charge is -2.11. The third kappa shape index (κ3) is 7.30. The first-order valence-corrected chi connectivity index (χ1v) is 7.64. The molecule has 0 heterocycles. The molecule has 0 saturated carbocycles. The summed E-state index contributed by atoms with van der Waals surface area (Å²) in [5.41, 5.74) is 1.13. The molecule has 0 saturated heterocycles. The summed E-state index contributed by atoms with van der Waals surface area (Å²) in [5, 5.41) is 10.5. The molecule has 7 heteroatoms. The van der Waals surface area contributed by atoms with E-state index in [1.807, 2.05) is 6.92 Å². The molecule has 23 heavy (non-hydrogen) atoms. The molecule has 0 radical (unpaired) electrons. The summed E-state index contributed by atoms with van der Waals surface area (Å²) in [4.78, 5) is 34.8. The highest BCUT2D eigenvalue weighted by atomic mass is 16.2. The third-order valence-electron chi connectivity index (χ3n) is 2.89. The zero-order chi connectivity index (χ0) is 17.2. The Morgan fingerprint density at radius 2 is 1.70 bits per heavy atom. The van der Waals surface area contributed by atoms with Crippen molar-refractivity contribution in [1.29, 1.82) is 0 Å². The van der Waals surface area contributed by atoms with Crippen molar-refractivity contribution in [3.05, 3.63) is 24.3 Å². The number of urea groups is 1. The highest BCUT2D eigenvalue weighted by molar-refractivity contribution is 5.95. The van der Waals surface area contributed by atoms with Crippen LogP contribution in [-0.4, -0.2) is 30.9 Å². The van der Waals surface area contributed by atoms with Gasteiger partial charge < -0.3 is 21.3 Å². The molecule has 0 bridgehead atoms. The summed E-state index contributed by atoms with van der Waals surface area (Å²) < 4.78 is 0. The highest BCUT2D eigenvalue weighted by Crippen LogP contribution is 2.15. The van der Waals surface area contributed by atoms with E-state index in [1.165, 1.54) is 0 Å². The van der Waals surface area contributed by atoms with Gasteiger partial charge in [0.15, 0.2) is 0 Å². The van der Waals surface area contributed by atoms with Crippen LogP contribution < -0.4 is 21.3 Å². The van der Waals surface area contributed by atoms with Crippen molar-refractivity contribution in [2.24, 2.45) is 5.92 Å². The molecule has 126 valence electrons. The topological polar surface area (TPSA) is 99.3 Å².